The monoisotopic (exact) mass is 1130 g/mol. The van der Waals surface area contributed by atoms with Crippen LogP contribution in [0.4, 0.5) is 0 Å². The molecule has 6 nitrogen and oxygen atoms in total. The van der Waals surface area contributed by atoms with Gasteiger partial charge in [0.25, 0.3) is 0 Å². The van der Waals surface area contributed by atoms with Crippen LogP contribution in [0.15, 0.2) is 72.9 Å². The smallest absolute Gasteiger partial charge is 0.306 e. The fourth-order valence-electron chi connectivity index (χ4n) is 10.4. The molecular formula is C75H134O6. The van der Waals surface area contributed by atoms with Gasteiger partial charge in [0.1, 0.15) is 13.2 Å². The van der Waals surface area contributed by atoms with E-state index in [0.717, 1.165) is 89.9 Å². The molecule has 0 heterocycles. The summed E-state index contributed by atoms with van der Waals surface area (Å²) in [6.45, 7) is 6.53. The molecule has 1 unspecified atom stereocenters. The van der Waals surface area contributed by atoms with Crippen LogP contribution in [0.25, 0.3) is 0 Å². The lowest BCUT2D eigenvalue weighted by molar-refractivity contribution is -0.167. The van der Waals surface area contributed by atoms with Gasteiger partial charge in [-0.2, -0.15) is 0 Å². The topological polar surface area (TPSA) is 78.9 Å². The van der Waals surface area contributed by atoms with Crippen LogP contribution in [0.1, 0.15) is 367 Å². The third kappa shape index (κ3) is 67.5. The minimum absolute atomic E-state index is 0.0702. The Balaban J connectivity index is 4.02. The van der Waals surface area contributed by atoms with E-state index in [1.807, 2.05) is 0 Å². The highest BCUT2D eigenvalue weighted by Crippen LogP contribution is 2.18. The molecule has 0 rings (SSSR count). The lowest BCUT2D eigenvalue weighted by atomic mass is 10.0. The van der Waals surface area contributed by atoms with Gasteiger partial charge in [-0.3, -0.25) is 14.4 Å². The van der Waals surface area contributed by atoms with Crippen molar-refractivity contribution in [2.24, 2.45) is 0 Å². The molecule has 0 N–H and O–H groups in total. The zero-order valence-electron chi connectivity index (χ0n) is 54.1. The summed E-state index contributed by atoms with van der Waals surface area (Å²) >= 11 is 0. The molecule has 0 aliphatic carbocycles. The normalized spacial score (nSPS) is 12.5. The molecular weight excluding hydrogens is 997 g/mol. The van der Waals surface area contributed by atoms with Crippen molar-refractivity contribution >= 4 is 17.9 Å². The number of rotatable bonds is 65. The summed E-state index contributed by atoms with van der Waals surface area (Å²) < 4.78 is 16.9. The van der Waals surface area contributed by atoms with E-state index < -0.39 is 6.10 Å². The fraction of sp³-hybridized carbons (Fsp3) is 0.800. The Kier molecular flexibility index (Phi) is 66.6. The second-order valence-electron chi connectivity index (χ2n) is 23.8. The lowest BCUT2D eigenvalue weighted by Gasteiger charge is -2.18. The maximum absolute atomic E-state index is 12.9. The van der Waals surface area contributed by atoms with Crippen LogP contribution >= 0.6 is 0 Å². The minimum Gasteiger partial charge on any atom is -0.462 e. The van der Waals surface area contributed by atoms with Crippen LogP contribution in [0.2, 0.25) is 0 Å². The Labute approximate surface area is 503 Å². The zero-order valence-corrected chi connectivity index (χ0v) is 54.1. The van der Waals surface area contributed by atoms with Gasteiger partial charge in [-0.1, -0.05) is 331 Å². The summed E-state index contributed by atoms with van der Waals surface area (Å²) in [5.74, 6) is -0.857. The molecule has 0 aliphatic heterocycles. The van der Waals surface area contributed by atoms with Crippen molar-refractivity contribution in [3.8, 4) is 0 Å². The zero-order chi connectivity index (χ0) is 58.5. The highest BCUT2D eigenvalue weighted by Gasteiger charge is 2.19. The van der Waals surface area contributed by atoms with Crippen LogP contribution in [0, 0.1) is 0 Å². The summed E-state index contributed by atoms with van der Waals surface area (Å²) in [5.41, 5.74) is 0. The van der Waals surface area contributed by atoms with E-state index in [1.54, 1.807) is 0 Å². The van der Waals surface area contributed by atoms with Gasteiger partial charge in [-0.25, -0.2) is 0 Å². The number of ether oxygens (including phenoxy) is 3. The number of allylic oxidation sites excluding steroid dienone is 12. The summed E-state index contributed by atoms with van der Waals surface area (Å²) in [6.07, 6.45) is 91.1. The van der Waals surface area contributed by atoms with Crippen molar-refractivity contribution in [3.63, 3.8) is 0 Å². The van der Waals surface area contributed by atoms with Gasteiger partial charge in [-0.05, 0) is 89.9 Å². The molecule has 0 amide bonds. The van der Waals surface area contributed by atoms with Crippen LogP contribution in [-0.2, 0) is 28.6 Å². The molecule has 0 aliphatic rings. The van der Waals surface area contributed by atoms with E-state index in [0.29, 0.717) is 19.3 Å². The minimum atomic E-state index is -0.771. The van der Waals surface area contributed by atoms with Gasteiger partial charge < -0.3 is 14.2 Å². The second-order valence-corrected chi connectivity index (χ2v) is 23.8. The first-order chi connectivity index (χ1) is 40.0. The summed E-state index contributed by atoms with van der Waals surface area (Å²) in [5, 5.41) is 0. The quantitative estimate of drug-likeness (QED) is 0.0261. The molecule has 0 saturated heterocycles. The molecule has 470 valence electrons. The third-order valence-electron chi connectivity index (χ3n) is 15.7. The molecule has 0 aromatic rings. The number of hydrogen-bond donors (Lipinski definition) is 0. The van der Waals surface area contributed by atoms with Crippen molar-refractivity contribution in [3.05, 3.63) is 72.9 Å². The van der Waals surface area contributed by atoms with E-state index >= 15 is 0 Å². The first kappa shape index (κ1) is 77.9. The van der Waals surface area contributed by atoms with Gasteiger partial charge in [0.15, 0.2) is 6.10 Å². The van der Waals surface area contributed by atoms with Crippen molar-refractivity contribution in [2.75, 3.05) is 13.2 Å². The van der Waals surface area contributed by atoms with E-state index in [4.69, 9.17) is 14.2 Å². The van der Waals surface area contributed by atoms with E-state index in [1.165, 1.54) is 238 Å². The van der Waals surface area contributed by atoms with E-state index in [2.05, 4.69) is 93.7 Å². The standard InChI is InChI=1S/C75H134O6/c1-4-7-10-13-16-18-20-22-24-26-28-30-32-33-34-35-36-37-38-39-40-41-43-44-46-48-50-52-54-56-59-62-65-68-74(77)80-71-72(70-79-73(76)67-64-61-58-15-12-9-6-3)81-75(78)69-66-63-60-57-55-53-51-49-47-45-42-31-29-27-25-23-21-19-17-14-11-8-5-2/h7,10,16,18,22,24,27-30,33-34,72H,4-6,8-9,11-15,17,19-21,23,25-26,31-32,35-71H2,1-3H3/b10-7-,18-16-,24-22-,29-27-,30-28-,34-33-. The van der Waals surface area contributed by atoms with E-state index in [-0.39, 0.29) is 31.1 Å². The number of esters is 3. The predicted octanol–water partition coefficient (Wildman–Crippen LogP) is 24.4. The number of unbranched alkanes of at least 4 members (excludes halogenated alkanes) is 42. The summed E-state index contributed by atoms with van der Waals surface area (Å²) in [6, 6.07) is 0. The maximum atomic E-state index is 12.9. The highest BCUT2D eigenvalue weighted by atomic mass is 16.6. The molecule has 0 radical (unpaired) electrons. The Morgan fingerprint density at radius 3 is 0.765 bits per heavy atom. The van der Waals surface area contributed by atoms with Crippen LogP contribution < -0.4 is 0 Å². The number of carbonyl (C=O) groups is 3. The lowest BCUT2D eigenvalue weighted by Crippen LogP contribution is -2.30. The van der Waals surface area contributed by atoms with Gasteiger partial charge >= 0.3 is 17.9 Å². The highest BCUT2D eigenvalue weighted by molar-refractivity contribution is 5.71. The van der Waals surface area contributed by atoms with Crippen molar-refractivity contribution in [2.45, 2.75) is 374 Å². The Hall–Kier alpha value is -3.15. The van der Waals surface area contributed by atoms with Crippen LogP contribution in [0.3, 0.4) is 0 Å². The van der Waals surface area contributed by atoms with Crippen LogP contribution in [-0.4, -0.2) is 37.2 Å². The summed E-state index contributed by atoms with van der Waals surface area (Å²) in [7, 11) is 0. The van der Waals surface area contributed by atoms with Gasteiger partial charge in [0.2, 0.25) is 0 Å². The Bertz CT molecular complexity index is 1490. The summed E-state index contributed by atoms with van der Waals surface area (Å²) in [4.78, 5) is 38.2. The molecule has 0 aromatic carbocycles. The molecule has 1 atom stereocenters. The average molecular weight is 1130 g/mol. The molecule has 0 aromatic heterocycles. The first-order valence-electron chi connectivity index (χ1n) is 35.4. The van der Waals surface area contributed by atoms with Crippen molar-refractivity contribution in [1.82, 2.24) is 0 Å². The molecule has 0 spiro atoms. The van der Waals surface area contributed by atoms with Gasteiger partial charge in [0.05, 0.1) is 0 Å². The third-order valence-corrected chi connectivity index (χ3v) is 15.7. The predicted molar refractivity (Wildman–Crippen MR) is 353 cm³/mol. The molecule has 81 heavy (non-hydrogen) atoms. The second kappa shape index (κ2) is 69.3. The van der Waals surface area contributed by atoms with Crippen LogP contribution in [0.5, 0.6) is 0 Å². The van der Waals surface area contributed by atoms with E-state index in [9.17, 15) is 14.4 Å². The SMILES string of the molecule is CC/C=C\C/C=C\C/C=C\C/C=C\C/C=C\CCCCCCCCCCCCCCCCCCCC(=O)OCC(COC(=O)CCCCCCCCC)OC(=O)CCCCCCCCCCCCC/C=C\CCCCCCCCCC. The maximum Gasteiger partial charge on any atom is 0.306 e. The Morgan fingerprint density at radius 2 is 0.481 bits per heavy atom. The molecule has 0 saturated carbocycles. The van der Waals surface area contributed by atoms with Gasteiger partial charge in [-0.15, -0.1) is 0 Å². The number of carbonyl (C=O) groups excluding carboxylic acids is 3. The van der Waals surface area contributed by atoms with Crippen molar-refractivity contribution in [1.29, 1.82) is 0 Å². The van der Waals surface area contributed by atoms with Crippen molar-refractivity contribution < 1.29 is 28.6 Å². The molecule has 6 heteroatoms. The Morgan fingerprint density at radius 1 is 0.259 bits per heavy atom. The largest absolute Gasteiger partial charge is 0.462 e. The molecule has 0 bridgehead atoms. The molecule has 0 fully saturated rings. The number of hydrogen-bond acceptors (Lipinski definition) is 6. The average Bonchev–Trinajstić information content (AvgIpc) is 3.47. The fourth-order valence-corrected chi connectivity index (χ4v) is 10.4. The first-order valence-corrected chi connectivity index (χ1v) is 35.4. The van der Waals surface area contributed by atoms with Gasteiger partial charge in [0, 0.05) is 19.3 Å².